The molecular weight excluding hydrogens is 650 g/mol. The molecule has 0 aromatic carbocycles. The summed E-state index contributed by atoms with van der Waals surface area (Å²) in [6.45, 7) is 13.1. The number of aliphatic hydroxyl groups excluding tert-OH is 3. The lowest BCUT2D eigenvalue weighted by atomic mass is 9.49. The summed E-state index contributed by atoms with van der Waals surface area (Å²) < 4.78 is 18.7. The summed E-state index contributed by atoms with van der Waals surface area (Å²) in [5.41, 5.74) is -7.89. The van der Waals surface area contributed by atoms with Crippen molar-refractivity contribution < 1.29 is 59.5 Å². The summed E-state index contributed by atoms with van der Waals surface area (Å²) in [6.07, 6.45) is -4.15. The van der Waals surface area contributed by atoms with Crippen molar-refractivity contribution >= 4 is 11.9 Å². The van der Waals surface area contributed by atoms with Gasteiger partial charge < -0.3 is 50.0 Å². The van der Waals surface area contributed by atoms with E-state index in [1.165, 1.54) is 6.92 Å². The fraction of sp³-hybridized carbons (Fsp3) is 0.946. The van der Waals surface area contributed by atoms with E-state index in [-0.39, 0.29) is 25.3 Å². The molecule has 4 bridgehead atoms. The summed E-state index contributed by atoms with van der Waals surface area (Å²) in [6, 6.07) is -0.238. The second-order valence-electron chi connectivity index (χ2n) is 18.2. The Morgan fingerprint density at radius 1 is 1.06 bits per heavy atom. The second-order valence-corrected chi connectivity index (χ2v) is 18.2. The van der Waals surface area contributed by atoms with Crippen molar-refractivity contribution in [1.29, 1.82) is 0 Å². The Labute approximate surface area is 294 Å². The third-order valence-electron chi connectivity index (χ3n) is 15.5. The number of rotatable bonds is 6. The van der Waals surface area contributed by atoms with E-state index in [1.807, 2.05) is 13.8 Å². The molecule has 1 spiro atoms. The molecule has 13 heteroatoms. The summed E-state index contributed by atoms with van der Waals surface area (Å²) in [5.74, 6) is -7.78. The summed E-state index contributed by atoms with van der Waals surface area (Å²) >= 11 is 0. The van der Waals surface area contributed by atoms with Gasteiger partial charge in [0.1, 0.15) is 5.60 Å². The quantitative estimate of drug-likeness (QED) is 0.188. The standard InChI is InChI=1S/C37H59NO12/c1-8-18(3)30(42)49-29-27(41)26-20(16-38-15-17(2)9-10-24(38)34(26,7)45)21-14-35-28(36(21,29)46)22(40)13-23-32(35,5)12-11-25(37(23,47)50-35)48-31(43)33(6,44)19(4)39/h17-29,39-41,44-47H,8-16H2,1-7H3/t17-,18+,19+,20-,21+,22-,23-,24+,25-,26-,27-,28+,29+,32+,33-,34-,35-,36+,37+/m1/s1. The van der Waals surface area contributed by atoms with E-state index in [9.17, 15) is 45.3 Å². The average molecular weight is 710 g/mol. The molecule has 3 saturated heterocycles. The van der Waals surface area contributed by atoms with Gasteiger partial charge in [-0.05, 0) is 83.5 Å². The molecule has 0 unspecified atom stereocenters. The molecule has 3 heterocycles. The largest absolute Gasteiger partial charge is 0.456 e. The van der Waals surface area contributed by atoms with Gasteiger partial charge in [0.15, 0.2) is 17.8 Å². The van der Waals surface area contributed by atoms with Crippen LogP contribution in [-0.2, 0) is 23.8 Å². The second kappa shape index (κ2) is 11.5. The van der Waals surface area contributed by atoms with Gasteiger partial charge in [-0.1, -0.05) is 27.7 Å². The number of piperidine rings is 2. The molecule has 19 atom stereocenters. The molecule has 7 fully saturated rings. The normalized spacial score (nSPS) is 54.6. The molecule has 0 aromatic rings. The van der Waals surface area contributed by atoms with Gasteiger partial charge in [0.25, 0.3) is 0 Å². The van der Waals surface area contributed by atoms with Crippen LogP contribution < -0.4 is 0 Å². The molecule has 4 saturated carbocycles. The molecule has 3 aliphatic heterocycles. The smallest absolute Gasteiger partial charge is 0.341 e. The van der Waals surface area contributed by atoms with E-state index in [4.69, 9.17) is 14.2 Å². The Hall–Kier alpha value is -1.42. The van der Waals surface area contributed by atoms with Crippen LogP contribution in [0.25, 0.3) is 0 Å². The predicted molar refractivity (Wildman–Crippen MR) is 176 cm³/mol. The Morgan fingerprint density at radius 3 is 2.38 bits per heavy atom. The number of nitrogens with zero attached hydrogens (tertiary/aromatic N) is 1. The average Bonchev–Trinajstić information content (AvgIpc) is 3.31. The maximum Gasteiger partial charge on any atom is 0.341 e. The Morgan fingerprint density at radius 2 is 1.74 bits per heavy atom. The van der Waals surface area contributed by atoms with Gasteiger partial charge in [-0.3, -0.25) is 9.69 Å². The van der Waals surface area contributed by atoms with Gasteiger partial charge in [0.2, 0.25) is 5.79 Å². The van der Waals surface area contributed by atoms with E-state index in [2.05, 4.69) is 11.8 Å². The van der Waals surface area contributed by atoms with Crippen molar-refractivity contribution in [3.63, 3.8) is 0 Å². The van der Waals surface area contributed by atoms with E-state index < -0.39 is 112 Å². The minimum atomic E-state index is -2.25. The summed E-state index contributed by atoms with van der Waals surface area (Å²) in [7, 11) is 0. The highest BCUT2D eigenvalue weighted by Gasteiger charge is 2.87. The van der Waals surface area contributed by atoms with Crippen LogP contribution in [0.2, 0.25) is 0 Å². The SMILES string of the molecule is CC[C@H](C)C(=O)O[C@H]1[C@H](O)[C@H]2[C@H](CN3C[C@H](C)CC[C@H]3[C@@]2(C)O)[C@@H]2C[C@]34O[C@]5(O)[C@H](OC(=O)[C@](C)(O)[C@H](C)O)CC[C@@]3(C)[C@H]5C[C@@H](O)[C@@H]4[C@@]21O. The lowest BCUT2D eigenvalue weighted by Gasteiger charge is -2.64. The van der Waals surface area contributed by atoms with E-state index in [1.54, 1.807) is 13.8 Å². The van der Waals surface area contributed by atoms with Gasteiger partial charge in [0.05, 0.1) is 35.4 Å². The Balaban J connectivity index is 1.34. The van der Waals surface area contributed by atoms with Crippen LogP contribution in [0.5, 0.6) is 0 Å². The minimum absolute atomic E-state index is 0.0328. The van der Waals surface area contributed by atoms with Gasteiger partial charge in [-0.2, -0.15) is 0 Å². The van der Waals surface area contributed by atoms with E-state index >= 15 is 0 Å². The lowest BCUT2D eigenvalue weighted by Crippen LogP contribution is -2.77. The third kappa shape index (κ3) is 4.57. The van der Waals surface area contributed by atoms with Crippen LogP contribution >= 0.6 is 0 Å². The number of carbonyl (C=O) groups excluding carboxylic acids is 2. The molecule has 50 heavy (non-hydrogen) atoms. The monoisotopic (exact) mass is 709 g/mol. The zero-order valence-electron chi connectivity index (χ0n) is 30.5. The first-order valence-electron chi connectivity index (χ1n) is 18.9. The maximum atomic E-state index is 13.5. The molecule has 0 amide bonds. The first kappa shape index (κ1) is 36.9. The zero-order chi connectivity index (χ0) is 36.7. The van der Waals surface area contributed by atoms with Gasteiger partial charge in [-0.25, -0.2) is 4.79 Å². The first-order valence-corrected chi connectivity index (χ1v) is 18.9. The molecule has 0 aromatic heterocycles. The van der Waals surface area contributed by atoms with Crippen LogP contribution in [0, 0.1) is 46.8 Å². The van der Waals surface area contributed by atoms with Crippen molar-refractivity contribution in [2.45, 2.75) is 158 Å². The van der Waals surface area contributed by atoms with Crippen LogP contribution in [0.15, 0.2) is 0 Å². The molecular formula is C37H59NO12. The van der Waals surface area contributed by atoms with E-state index in [0.29, 0.717) is 25.3 Å². The number of hydrogen-bond donors (Lipinski definition) is 7. The number of ether oxygens (including phenoxy) is 3. The van der Waals surface area contributed by atoms with Crippen LogP contribution in [-0.4, -0.2) is 130 Å². The Kier molecular flexibility index (Phi) is 8.52. The summed E-state index contributed by atoms with van der Waals surface area (Å²) in [4.78, 5) is 28.9. The number of aliphatic hydroxyl groups is 7. The molecule has 13 nitrogen and oxygen atoms in total. The fourth-order valence-corrected chi connectivity index (χ4v) is 12.5. The topological polar surface area (TPSA) is 207 Å². The molecule has 7 aliphatic rings. The van der Waals surface area contributed by atoms with Gasteiger partial charge in [0, 0.05) is 42.3 Å². The van der Waals surface area contributed by atoms with Crippen molar-refractivity contribution in [3.05, 3.63) is 0 Å². The first-order chi connectivity index (χ1) is 23.1. The third-order valence-corrected chi connectivity index (χ3v) is 15.5. The van der Waals surface area contributed by atoms with Crippen molar-refractivity contribution in [2.75, 3.05) is 13.1 Å². The zero-order valence-corrected chi connectivity index (χ0v) is 30.5. The highest BCUT2D eigenvalue weighted by molar-refractivity contribution is 5.79. The molecule has 7 rings (SSSR count). The van der Waals surface area contributed by atoms with Crippen LogP contribution in [0.1, 0.15) is 93.4 Å². The van der Waals surface area contributed by atoms with E-state index in [0.717, 1.165) is 26.3 Å². The number of esters is 2. The lowest BCUT2D eigenvalue weighted by molar-refractivity contribution is -0.300. The van der Waals surface area contributed by atoms with Gasteiger partial charge in [-0.15, -0.1) is 0 Å². The highest BCUT2D eigenvalue weighted by Crippen LogP contribution is 2.77. The van der Waals surface area contributed by atoms with Crippen LogP contribution in [0.3, 0.4) is 0 Å². The maximum absolute atomic E-state index is 13.5. The van der Waals surface area contributed by atoms with Crippen molar-refractivity contribution in [1.82, 2.24) is 4.90 Å². The number of hydrogen-bond acceptors (Lipinski definition) is 13. The molecule has 4 aliphatic carbocycles. The molecule has 7 N–H and O–H groups in total. The summed E-state index contributed by atoms with van der Waals surface area (Å²) in [5, 5.41) is 83.5. The minimum Gasteiger partial charge on any atom is -0.456 e. The fourth-order valence-electron chi connectivity index (χ4n) is 12.5. The van der Waals surface area contributed by atoms with Crippen LogP contribution in [0.4, 0.5) is 0 Å². The van der Waals surface area contributed by atoms with Gasteiger partial charge >= 0.3 is 11.9 Å². The van der Waals surface area contributed by atoms with Crippen molar-refractivity contribution in [2.24, 2.45) is 46.8 Å². The number of carbonyl (C=O) groups is 2. The Bertz CT molecular complexity index is 1390. The predicted octanol–water partition coefficient (Wildman–Crippen LogP) is 0.466. The number of fused-ring (bicyclic) bond motifs is 5. The molecule has 284 valence electrons. The highest BCUT2D eigenvalue weighted by atomic mass is 16.7. The molecule has 0 radical (unpaired) electrons. The van der Waals surface area contributed by atoms with Crippen molar-refractivity contribution in [3.8, 4) is 0 Å².